The first-order chi connectivity index (χ1) is 8.97. The fourth-order valence-electron chi connectivity index (χ4n) is 1.37. The second kappa shape index (κ2) is 7.66. The first-order valence-electron chi connectivity index (χ1n) is 6.16. The molecule has 0 aliphatic heterocycles. The van der Waals surface area contributed by atoms with Crippen molar-refractivity contribution in [3.63, 3.8) is 0 Å². The highest BCUT2D eigenvalue weighted by Crippen LogP contribution is 2.28. The quantitative estimate of drug-likeness (QED) is 0.761. The molecule has 0 saturated carbocycles. The molecule has 0 saturated heterocycles. The van der Waals surface area contributed by atoms with Gasteiger partial charge in [-0.25, -0.2) is 4.52 Å². The van der Waals surface area contributed by atoms with Crippen molar-refractivity contribution in [2.45, 2.75) is 41.0 Å². The predicted octanol–water partition coefficient (Wildman–Crippen LogP) is 4.59. The van der Waals surface area contributed by atoms with Crippen LogP contribution in [0.25, 0.3) is 5.52 Å². The Labute approximate surface area is 111 Å². The van der Waals surface area contributed by atoms with Gasteiger partial charge in [0.2, 0.25) is 0 Å². The lowest BCUT2D eigenvalue weighted by atomic mass is 10.3. The number of alkyl halides is 3. The Bertz CT molecular complexity index is 492. The van der Waals surface area contributed by atoms with E-state index in [1.165, 1.54) is 22.8 Å². The number of ether oxygens (including phenoxy) is 1. The van der Waals surface area contributed by atoms with Gasteiger partial charge in [0.25, 0.3) is 0 Å². The van der Waals surface area contributed by atoms with Crippen LogP contribution in [0, 0.1) is 6.92 Å². The van der Waals surface area contributed by atoms with Gasteiger partial charge >= 0.3 is 6.36 Å². The van der Waals surface area contributed by atoms with Gasteiger partial charge < -0.3 is 4.74 Å². The van der Waals surface area contributed by atoms with E-state index in [-0.39, 0.29) is 5.75 Å². The number of pyridine rings is 1. The SMILES string of the molecule is CC.CC.Cc1cnn2cccc(OC(F)(F)F)c12. The van der Waals surface area contributed by atoms with Gasteiger partial charge in [-0.15, -0.1) is 13.2 Å². The Morgan fingerprint density at radius 1 is 1.16 bits per heavy atom. The first-order valence-corrected chi connectivity index (χ1v) is 6.16. The first kappa shape index (κ1) is 17.3. The van der Waals surface area contributed by atoms with Crippen LogP contribution in [0.2, 0.25) is 0 Å². The van der Waals surface area contributed by atoms with E-state index in [0.717, 1.165) is 0 Å². The van der Waals surface area contributed by atoms with E-state index in [0.29, 0.717) is 11.1 Å². The zero-order chi connectivity index (χ0) is 15.1. The maximum Gasteiger partial charge on any atom is 0.573 e. The third-order valence-corrected chi connectivity index (χ3v) is 1.91. The lowest BCUT2D eigenvalue weighted by Gasteiger charge is -2.10. The minimum atomic E-state index is -4.68. The van der Waals surface area contributed by atoms with Crippen molar-refractivity contribution >= 4 is 5.52 Å². The highest BCUT2D eigenvalue weighted by molar-refractivity contribution is 5.64. The number of fused-ring (bicyclic) bond motifs is 1. The Morgan fingerprint density at radius 2 is 1.74 bits per heavy atom. The number of aryl methyl sites for hydroxylation is 1. The normalized spacial score (nSPS) is 10.1. The molecule has 2 heterocycles. The van der Waals surface area contributed by atoms with Crippen molar-refractivity contribution < 1.29 is 17.9 Å². The molecule has 0 aromatic carbocycles. The van der Waals surface area contributed by atoms with Gasteiger partial charge in [0.1, 0.15) is 5.52 Å². The van der Waals surface area contributed by atoms with Crippen LogP contribution in [-0.2, 0) is 0 Å². The van der Waals surface area contributed by atoms with Crippen LogP contribution in [0.4, 0.5) is 13.2 Å². The minimum Gasteiger partial charge on any atom is -0.403 e. The Morgan fingerprint density at radius 3 is 2.26 bits per heavy atom. The van der Waals surface area contributed by atoms with Crippen LogP contribution >= 0.6 is 0 Å². The van der Waals surface area contributed by atoms with Crippen LogP contribution in [0.1, 0.15) is 33.3 Å². The number of hydrogen-bond acceptors (Lipinski definition) is 2. The van der Waals surface area contributed by atoms with Crippen molar-refractivity contribution in [1.82, 2.24) is 9.61 Å². The highest BCUT2D eigenvalue weighted by Gasteiger charge is 2.32. The summed E-state index contributed by atoms with van der Waals surface area (Å²) in [6.45, 7) is 9.67. The molecule has 6 heteroatoms. The fraction of sp³-hybridized carbons (Fsp3) is 0.462. The summed E-state index contributed by atoms with van der Waals surface area (Å²) < 4.78 is 41.4. The van der Waals surface area contributed by atoms with E-state index in [1.54, 1.807) is 13.1 Å². The molecular weight excluding hydrogens is 257 g/mol. The maximum absolute atomic E-state index is 12.1. The fourth-order valence-corrected chi connectivity index (χ4v) is 1.37. The number of halogens is 3. The van der Waals surface area contributed by atoms with E-state index in [1.807, 2.05) is 27.7 Å². The number of aromatic nitrogens is 2. The zero-order valence-electron chi connectivity index (χ0n) is 11.7. The second-order valence-corrected chi connectivity index (χ2v) is 3.04. The summed E-state index contributed by atoms with van der Waals surface area (Å²) in [4.78, 5) is 0. The van der Waals surface area contributed by atoms with Gasteiger partial charge in [0, 0.05) is 6.20 Å². The van der Waals surface area contributed by atoms with E-state index in [4.69, 9.17) is 0 Å². The zero-order valence-corrected chi connectivity index (χ0v) is 11.7. The average Bonchev–Trinajstić information content (AvgIpc) is 2.76. The molecule has 2 aromatic rings. The molecule has 0 aliphatic rings. The lowest BCUT2D eigenvalue weighted by Crippen LogP contribution is -2.17. The predicted molar refractivity (Wildman–Crippen MR) is 69.3 cm³/mol. The Hall–Kier alpha value is -1.72. The molecule has 108 valence electrons. The monoisotopic (exact) mass is 276 g/mol. The summed E-state index contributed by atoms with van der Waals surface area (Å²) in [5.74, 6) is -0.236. The second-order valence-electron chi connectivity index (χ2n) is 3.04. The Balaban J connectivity index is 0.000000741. The standard InChI is InChI=1S/C9H7F3N2O.2C2H6/c1-6-5-13-14-4-2-3-7(8(6)14)15-9(10,11)12;2*1-2/h2-5H,1H3;2*1-2H3. The largest absolute Gasteiger partial charge is 0.573 e. The van der Waals surface area contributed by atoms with Crippen LogP contribution in [0.3, 0.4) is 0 Å². The molecule has 19 heavy (non-hydrogen) atoms. The summed E-state index contributed by atoms with van der Waals surface area (Å²) in [6.07, 6.45) is -1.64. The van der Waals surface area contributed by atoms with Crippen LogP contribution in [0.5, 0.6) is 5.75 Å². The number of nitrogens with zero attached hydrogens (tertiary/aromatic N) is 2. The molecule has 0 unspecified atom stereocenters. The van der Waals surface area contributed by atoms with E-state index >= 15 is 0 Å². The molecule has 0 atom stereocenters. The summed E-state index contributed by atoms with van der Waals surface area (Å²) in [6, 6.07) is 2.71. The summed E-state index contributed by atoms with van der Waals surface area (Å²) >= 11 is 0. The van der Waals surface area contributed by atoms with Crippen molar-refractivity contribution in [3.05, 3.63) is 30.1 Å². The van der Waals surface area contributed by atoms with Crippen molar-refractivity contribution in [3.8, 4) is 5.75 Å². The molecule has 0 radical (unpaired) electrons. The van der Waals surface area contributed by atoms with E-state index in [9.17, 15) is 13.2 Å². The number of rotatable bonds is 1. The third-order valence-electron chi connectivity index (χ3n) is 1.91. The van der Waals surface area contributed by atoms with Crippen molar-refractivity contribution in [1.29, 1.82) is 0 Å². The van der Waals surface area contributed by atoms with Gasteiger partial charge in [0.15, 0.2) is 5.75 Å². The molecule has 0 N–H and O–H groups in total. The van der Waals surface area contributed by atoms with E-state index < -0.39 is 6.36 Å². The molecule has 0 amide bonds. The molecular formula is C13H19F3N2O. The van der Waals surface area contributed by atoms with Gasteiger partial charge in [0.05, 0.1) is 6.20 Å². The topological polar surface area (TPSA) is 26.5 Å². The summed E-state index contributed by atoms with van der Waals surface area (Å²) in [7, 11) is 0. The summed E-state index contributed by atoms with van der Waals surface area (Å²) in [5.41, 5.74) is 0.963. The average molecular weight is 276 g/mol. The smallest absolute Gasteiger partial charge is 0.403 e. The third kappa shape index (κ3) is 4.81. The minimum absolute atomic E-state index is 0.236. The van der Waals surface area contributed by atoms with Gasteiger partial charge in [-0.2, -0.15) is 5.10 Å². The van der Waals surface area contributed by atoms with Gasteiger partial charge in [-0.3, -0.25) is 0 Å². The van der Waals surface area contributed by atoms with Crippen LogP contribution in [0.15, 0.2) is 24.5 Å². The lowest BCUT2D eigenvalue weighted by molar-refractivity contribution is -0.274. The van der Waals surface area contributed by atoms with Gasteiger partial charge in [-0.05, 0) is 24.6 Å². The van der Waals surface area contributed by atoms with Crippen molar-refractivity contribution in [2.24, 2.45) is 0 Å². The van der Waals surface area contributed by atoms with Gasteiger partial charge in [-0.1, -0.05) is 27.7 Å². The van der Waals surface area contributed by atoms with Crippen LogP contribution in [-0.4, -0.2) is 16.0 Å². The highest BCUT2D eigenvalue weighted by atomic mass is 19.4. The maximum atomic E-state index is 12.1. The molecule has 0 fully saturated rings. The molecule has 2 rings (SSSR count). The van der Waals surface area contributed by atoms with Crippen molar-refractivity contribution in [2.75, 3.05) is 0 Å². The summed E-state index contributed by atoms with van der Waals surface area (Å²) in [5, 5.41) is 3.88. The van der Waals surface area contributed by atoms with Crippen LogP contribution < -0.4 is 4.74 Å². The molecule has 0 aliphatic carbocycles. The molecule has 2 aromatic heterocycles. The molecule has 3 nitrogen and oxygen atoms in total. The Kier molecular flexibility index (Phi) is 6.96. The molecule has 0 spiro atoms. The van der Waals surface area contributed by atoms with E-state index in [2.05, 4.69) is 9.84 Å². The number of hydrogen-bond donors (Lipinski definition) is 0. The molecule has 0 bridgehead atoms.